The summed E-state index contributed by atoms with van der Waals surface area (Å²) in [7, 11) is -3.69. The van der Waals surface area contributed by atoms with E-state index in [9.17, 15) is 17.6 Å². The number of nitrogens with one attached hydrogen (secondary N) is 1. The molecule has 144 valence electrons. The molecule has 7 heteroatoms. The Morgan fingerprint density at radius 1 is 1.26 bits per heavy atom. The summed E-state index contributed by atoms with van der Waals surface area (Å²) in [5.41, 5.74) is 2.95. The van der Waals surface area contributed by atoms with Gasteiger partial charge in [0.2, 0.25) is 15.9 Å². The Hall–Kier alpha value is -2.67. The fraction of sp³-hybridized carbons (Fsp3) is 0.250. The monoisotopic (exact) mass is 390 g/mol. The number of hydrogen-bond acceptors (Lipinski definition) is 3. The van der Waals surface area contributed by atoms with Crippen LogP contribution in [0.4, 0.5) is 15.8 Å². The molecule has 0 unspecified atom stereocenters. The lowest BCUT2D eigenvalue weighted by Gasteiger charge is -2.29. The van der Waals surface area contributed by atoms with Gasteiger partial charge in [0, 0.05) is 25.8 Å². The van der Waals surface area contributed by atoms with Crippen LogP contribution in [0, 0.1) is 12.7 Å². The normalized spacial score (nSPS) is 14.0. The number of halogens is 1. The lowest BCUT2D eigenvalue weighted by atomic mass is 10.0. The van der Waals surface area contributed by atoms with Crippen molar-refractivity contribution < 1.29 is 19.0 Å². The number of sulfonamides is 1. The van der Waals surface area contributed by atoms with Crippen LogP contribution in [0.15, 0.2) is 49.1 Å². The zero-order valence-corrected chi connectivity index (χ0v) is 15.9. The molecule has 0 spiro atoms. The second-order valence-electron chi connectivity index (χ2n) is 6.58. The number of nitrogens with zero attached hydrogens (tertiary/aromatic N) is 1. The minimum Gasteiger partial charge on any atom is -0.308 e. The van der Waals surface area contributed by atoms with Crippen LogP contribution in [0.2, 0.25) is 0 Å². The molecule has 0 bridgehead atoms. The second kappa shape index (κ2) is 7.52. The van der Waals surface area contributed by atoms with E-state index in [4.69, 9.17) is 0 Å². The number of rotatable bonds is 6. The molecule has 0 aliphatic carbocycles. The molecule has 1 aliphatic rings. The minimum atomic E-state index is -3.69. The first kappa shape index (κ1) is 19.1. The lowest BCUT2D eigenvalue weighted by molar-refractivity contribution is -0.118. The Kier molecular flexibility index (Phi) is 5.32. The van der Waals surface area contributed by atoms with Gasteiger partial charge in [0.1, 0.15) is 5.82 Å². The third kappa shape index (κ3) is 4.36. The van der Waals surface area contributed by atoms with Crippen molar-refractivity contribution in [2.45, 2.75) is 25.5 Å². The van der Waals surface area contributed by atoms with Gasteiger partial charge in [0.05, 0.1) is 5.75 Å². The van der Waals surface area contributed by atoms with E-state index < -0.39 is 15.8 Å². The third-order valence-corrected chi connectivity index (χ3v) is 5.72. The van der Waals surface area contributed by atoms with Crippen molar-refractivity contribution in [3.63, 3.8) is 0 Å². The number of carbonyl (C=O) groups excluding carboxylic acids is 1. The predicted molar refractivity (Wildman–Crippen MR) is 107 cm³/mol. The highest BCUT2D eigenvalue weighted by molar-refractivity contribution is 7.91. The maximum atomic E-state index is 13.6. The van der Waals surface area contributed by atoms with Gasteiger partial charge in [-0.15, -0.1) is 6.58 Å². The summed E-state index contributed by atoms with van der Waals surface area (Å²) in [6.45, 7) is 5.70. The first-order chi connectivity index (χ1) is 12.8. The molecule has 1 N–H and O–H groups in total. The number of benzene rings is 2. The van der Waals surface area contributed by atoms with Crippen molar-refractivity contribution in [2.75, 3.05) is 16.2 Å². The molecule has 0 aromatic heterocycles. The summed E-state index contributed by atoms with van der Waals surface area (Å²) in [6.07, 6.45) is 2.59. The standard InChI is InChI=1S/C20H21FN2O3S.H2/c1-3-10-23-19-8-7-17(12-16(19)6-9-20(23)24)22-27(25,26)13-15-5-4-14(2)18(21)11-15;/h3-5,7-8,11-12,22H,1,6,9-10,13H2,2H3;1H. The average Bonchev–Trinajstić information content (AvgIpc) is 2.60. The van der Waals surface area contributed by atoms with Crippen LogP contribution in [0.3, 0.4) is 0 Å². The molecule has 0 fully saturated rings. The van der Waals surface area contributed by atoms with E-state index >= 15 is 0 Å². The summed E-state index contributed by atoms with van der Waals surface area (Å²) >= 11 is 0. The summed E-state index contributed by atoms with van der Waals surface area (Å²) < 4.78 is 41.1. The fourth-order valence-electron chi connectivity index (χ4n) is 3.11. The number of fused-ring (bicyclic) bond motifs is 1. The number of amides is 1. The molecule has 0 radical (unpaired) electrons. The number of anilines is 2. The summed E-state index contributed by atoms with van der Waals surface area (Å²) in [5, 5.41) is 0. The molecular formula is C20H23FN2O3S. The minimum absolute atomic E-state index is 0. The Morgan fingerprint density at radius 3 is 2.74 bits per heavy atom. The van der Waals surface area contributed by atoms with Gasteiger partial charge in [-0.1, -0.05) is 18.2 Å². The first-order valence-corrected chi connectivity index (χ1v) is 10.2. The van der Waals surface area contributed by atoms with Gasteiger partial charge in [-0.25, -0.2) is 12.8 Å². The molecule has 27 heavy (non-hydrogen) atoms. The second-order valence-corrected chi connectivity index (χ2v) is 8.30. The largest absolute Gasteiger partial charge is 0.308 e. The van der Waals surface area contributed by atoms with Crippen LogP contribution < -0.4 is 9.62 Å². The van der Waals surface area contributed by atoms with Gasteiger partial charge < -0.3 is 4.90 Å². The quantitative estimate of drug-likeness (QED) is 0.763. The van der Waals surface area contributed by atoms with Crippen LogP contribution >= 0.6 is 0 Å². The van der Waals surface area contributed by atoms with Gasteiger partial charge in [0.15, 0.2) is 0 Å². The molecule has 1 heterocycles. The van der Waals surface area contributed by atoms with E-state index in [2.05, 4.69) is 11.3 Å². The molecule has 1 amide bonds. The molecule has 0 saturated heterocycles. The Balaban J connectivity index is 0.00000280. The maximum absolute atomic E-state index is 13.6. The topological polar surface area (TPSA) is 66.5 Å². The predicted octanol–water partition coefficient (Wildman–Crippen LogP) is 3.79. The molecule has 5 nitrogen and oxygen atoms in total. The van der Waals surface area contributed by atoms with Crippen LogP contribution in [0.5, 0.6) is 0 Å². The first-order valence-electron chi connectivity index (χ1n) is 8.59. The molecule has 1 aliphatic heterocycles. The summed E-state index contributed by atoms with van der Waals surface area (Å²) in [4.78, 5) is 13.7. The van der Waals surface area contributed by atoms with E-state index in [1.165, 1.54) is 6.07 Å². The van der Waals surface area contributed by atoms with Crippen molar-refractivity contribution in [1.82, 2.24) is 0 Å². The van der Waals surface area contributed by atoms with E-state index in [1.54, 1.807) is 48.2 Å². The number of aryl methyl sites for hydroxylation is 2. The fourth-order valence-corrected chi connectivity index (χ4v) is 4.29. The maximum Gasteiger partial charge on any atom is 0.236 e. The zero-order valence-electron chi connectivity index (χ0n) is 15.0. The number of hydrogen-bond donors (Lipinski definition) is 1. The van der Waals surface area contributed by atoms with E-state index in [0.717, 1.165) is 11.3 Å². The average molecular weight is 390 g/mol. The van der Waals surface area contributed by atoms with Crippen LogP contribution in [-0.2, 0) is 27.0 Å². The summed E-state index contributed by atoms with van der Waals surface area (Å²) in [6, 6.07) is 9.50. The van der Waals surface area contributed by atoms with Crippen LogP contribution in [0.1, 0.15) is 24.5 Å². The highest BCUT2D eigenvalue weighted by Gasteiger charge is 2.24. The van der Waals surface area contributed by atoms with Crippen LogP contribution in [0.25, 0.3) is 0 Å². The molecule has 2 aromatic carbocycles. The van der Waals surface area contributed by atoms with Gasteiger partial charge in [-0.2, -0.15) is 0 Å². The molecule has 2 aromatic rings. The molecule has 0 saturated carbocycles. The SMILES string of the molecule is C=CCN1C(=O)CCc2cc(NS(=O)(=O)Cc3ccc(C)c(F)c3)ccc21.[HH]. The summed E-state index contributed by atoms with van der Waals surface area (Å²) in [5.74, 6) is -0.719. The Morgan fingerprint density at radius 2 is 2.04 bits per heavy atom. The Bertz CT molecular complexity index is 1010. The third-order valence-electron chi connectivity index (χ3n) is 4.46. The molecule has 0 atom stereocenters. The van der Waals surface area contributed by atoms with Crippen molar-refractivity contribution in [1.29, 1.82) is 0 Å². The van der Waals surface area contributed by atoms with Gasteiger partial charge in [-0.3, -0.25) is 9.52 Å². The van der Waals surface area contributed by atoms with E-state index in [-0.39, 0.29) is 13.1 Å². The number of carbonyl (C=O) groups is 1. The highest BCUT2D eigenvalue weighted by atomic mass is 32.2. The zero-order chi connectivity index (χ0) is 19.6. The van der Waals surface area contributed by atoms with Crippen molar-refractivity contribution in [2.24, 2.45) is 0 Å². The highest BCUT2D eigenvalue weighted by Crippen LogP contribution is 2.30. The van der Waals surface area contributed by atoms with E-state index in [1.807, 2.05) is 0 Å². The van der Waals surface area contributed by atoms with Crippen molar-refractivity contribution in [3.8, 4) is 0 Å². The molecular weight excluding hydrogens is 367 g/mol. The van der Waals surface area contributed by atoms with Gasteiger partial charge in [0.25, 0.3) is 0 Å². The van der Waals surface area contributed by atoms with Gasteiger partial charge in [-0.05, 0) is 54.3 Å². The van der Waals surface area contributed by atoms with Crippen LogP contribution in [-0.4, -0.2) is 20.9 Å². The smallest absolute Gasteiger partial charge is 0.236 e. The van der Waals surface area contributed by atoms with Crippen molar-refractivity contribution in [3.05, 3.63) is 71.6 Å². The van der Waals surface area contributed by atoms with Crippen molar-refractivity contribution >= 4 is 27.3 Å². The molecule has 3 rings (SSSR count). The lowest BCUT2D eigenvalue weighted by Crippen LogP contribution is -2.35. The van der Waals surface area contributed by atoms with E-state index in [0.29, 0.717) is 36.2 Å². The van der Waals surface area contributed by atoms with Gasteiger partial charge >= 0.3 is 0 Å². The Labute approximate surface area is 160 Å².